The van der Waals surface area contributed by atoms with E-state index in [0.29, 0.717) is 23.7 Å². The molecular weight excluding hydrogens is 392 g/mol. The maximum Gasteiger partial charge on any atom is 0.287 e. The Kier molecular flexibility index (Phi) is 4.70. The van der Waals surface area contributed by atoms with Crippen molar-refractivity contribution in [2.75, 3.05) is 16.8 Å². The summed E-state index contributed by atoms with van der Waals surface area (Å²) in [5, 5.41) is 2.86. The maximum atomic E-state index is 13.3. The topological polar surface area (TPSA) is 109 Å². The van der Waals surface area contributed by atoms with Crippen LogP contribution in [0.4, 0.5) is 11.4 Å². The minimum absolute atomic E-state index is 0.0866. The first-order valence-electron chi connectivity index (χ1n) is 9.30. The lowest BCUT2D eigenvalue weighted by molar-refractivity contribution is -0.119. The molecule has 0 bridgehead atoms. The summed E-state index contributed by atoms with van der Waals surface area (Å²) in [5.41, 5.74) is 1.17. The number of amidine groups is 1. The Morgan fingerprint density at radius 1 is 1.17 bits per heavy atom. The summed E-state index contributed by atoms with van der Waals surface area (Å²) in [6.45, 7) is 4.53. The summed E-state index contributed by atoms with van der Waals surface area (Å²) >= 11 is 0. The van der Waals surface area contributed by atoms with Crippen LogP contribution < -0.4 is 10.2 Å². The highest BCUT2D eigenvalue weighted by Gasteiger charge is 2.44. The number of hydrogen-bond acceptors (Lipinski definition) is 6. The summed E-state index contributed by atoms with van der Waals surface area (Å²) in [4.78, 5) is 31.8. The van der Waals surface area contributed by atoms with Crippen LogP contribution in [0.25, 0.3) is 0 Å². The van der Waals surface area contributed by atoms with Crippen molar-refractivity contribution >= 4 is 38.9 Å². The number of aromatic nitrogens is 1. The van der Waals surface area contributed by atoms with Crippen LogP contribution in [0.3, 0.4) is 0 Å². The molecule has 1 aromatic carbocycles. The van der Waals surface area contributed by atoms with Gasteiger partial charge >= 0.3 is 0 Å². The Morgan fingerprint density at radius 3 is 2.69 bits per heavy atom. The first-order chi connectivity index (χ1) is 13.8. The minimum Gasteiger partial charge on any atom is -0.341 e. The molecule has 0 aliphatic carbocycles. The van der Waals surface area contributed by atoms with Gasteiger partial charge in [0.05, 0.1) is 11.4 Å². The Bertz CT molecular complexity index is 1140. The third kappa shape index (κ3) is 3.31. The number of Topliss-reactive ketones (excluding diaryl/α,β-unsaturated/α-hetero) is 1. The molecule has 1 amide bonds. The van der Waals surface area contributed by atoms with E-state index in [1.54, 1.807) is 29.2 Å². The molecule has 0 fully saturated rings. The van der Waals surface area contributed by atoms with Gasteiger partial charge in [-0.05, 0) is 30.5 Å². The molecule has 4 rings (SSSR count). The van der Waals surface area contributed by atoms with Gasteiger partial charge in [-0.1, -0.05) is 26.0 Å². The highest BCUT2D eigenvalue weighted by Crippen LogP contribution is 2.34. The zero-order valence-corrected chi connectivity index (χ0v) is 16.8. The van der Waals surface area contributed by atoms with Gasteiger partial charge < -0.3 is 10.2 Å². The first kappa shape index (κ1) is 19.3. The number of anilines is 2. The highest BCUT2D eigenvalue weighted by molar-refractivity contribution is 7.90. The van der Waals surface area contributed by atoms with E-state index in [0.717, 1.165) is 6.42 Å². The summed E-state index contributed by atoms with van der Waals surface area (Å²) in [7, 11) is -4.07. The second-order valence-corrected chi connectivity index (χ2v) is 9.01. The molecule has 3 heterocycles. The molecular formula is C20H20N4O4S. The van der Waals surface area contributed by atoms with Crippen molar-refractivity contribution < 1.29 is 18.0 Å². The van der Waals surface area contributed by atoms with Crippen LogP contribution in [-0.2, 0) is 14.8 Å². The van der Waals surface area contributed by atoms with E-state index >= 15 is 0 Å². The number of amides is 1. The number of sulfonamides is 1. The van der Waals surface area contributed by atoms with Crippen LogP contribution in [-0.4, -0.2) is 37.5 Å². The zero-order valence-electron chi connectivity index (χ0n) is 16.0. The van der Waals surface area contributed by atoms with Crippen LogP contribution in [0.1, 0.15) is 30.6 Å². The molecule has 0 saturated heterocycles. The van der Waals surface area contributed by atoms with Crippen molar-refractivity contribution in [2.45, 2.75) is 25.2 Å². The molecule has 0 radical (unpaired) electrons. The largest absolute Gasteiger partial charge is 0.341 e. The van der Waals surface area contributed by atoms with Gasteiger partial charge in [-0.2, -0.15) is 8.42 Å². The number of carbonyl (C=O) groups excluding carboxylic acids is 2. The molecule has 1 unspecified atom stereocenters. The molecule has 0 saturated carbocycles. The standard InChI is InChI=1S/C20H20N4O4S/c1-12(2)8-10-24-15-6-4-3-5-13(15)18(25)17(20(24)26)19-22-14-7-9-21-11-16(14)29(27,28)23-19/h3-7,9,11-12,17H,8,10H2,1-2H3,(H,22,23). The number of rotatable bonds is 4. The summed E-state index contributed by atoms with van der Waals surface area (Å²) in [5.74, 6) is -2.11. The Morgan fingerprint density at radius 2 is 1.93 bits per heavy atom. The fourth-order valence-electron chi connectivity index (χ4n) is 3.47. The number of ketones is 1. The molecule has 29 heavy (non-hydrogen) atoms. The smallest absolute Gasteiger partial charge is 0.287 e. The second kappa shape index (κ2) is 7.07. The van der Waals surface area contributed by atoms with Crippen LogP contribution in [0.5, 0.6) is 0 Å². The van der Waals surface area contributed by atoms with Crippen molar-refractivity contribution in [3.8, 4) is 0 Å². The number of para-hydroxylation sites is 1. The van der Waals surface area contributed by atoms with Gasteiger partial charge in [0, 0.05) is 24.5 Å². The number of fused-ring (bicyclic) bond motifs is 2. The second-order valence-electron chi connectivity index (χ2n) is 7.44. The number of pyridine rings is 1. The Hall–Kier alpha value is -3.07. The molecule has 1 atom stereocenters. The van der Waals surface area contributed by atoms with Gasteiger partial charge in [-0.25, -0.2) is 0 Å². The lowest BCUT2D eigenvalue weighted by atomic mass is 9.88. The predicted molar refractivity (Wildman–Crippen MR) is 109 cm³/mol. The maximum absolute atomic E-state index is 13.3. The molecule has 1 N–H and O–H groups in total. The van der Waals surface area contributed by atoms with Crippen molar-refractivity contribution in [1.29, 1.82) is 0 Å². The number of hydrogen-bond donors (Lipinski definition) is 1. The third-order valence-corrected chi connectivity index (χ3v) is 6.30. The number of carbonyl (C=O) groups is 2. The van der Waals surface area contributed by atoms with Gasteiger partial charge in [-0.3, -0.25) is 14.6 Å². The summed E-state index contributed by atoms with van der Waals surface area (Å²) < 4.78 is 28.9. The van der Waals surface area contributed by atoms with Gasteiger partial charge in [0.2, 0.25) is 5.91 Å². The average molecular weight is 412 g/mol. The minimum atomic E-state index is -4.07. The molecule has 0 spiro atoms. The molecule has 2 aliphatic heterocycles. The normalized spacial score (nSPS) is 20.0. The van der Waals surface area contributed by atoms with E-state index in [1.807, 2.05) is 13.8 Å². The van der Waals surface area contributed by atoms with E-state index in [1.165, 1.54) is 18.5 Å². The van der Waals surface area contributed by atoms with Crippen LogP contribution in [0.2, 0.25) is 0 Å². The zero-order chi connectivity index (χ0) is 20.8. The number of nitrogens with zero attached hydrogens (tertiary/aromatic N) is 3. The molecule has 150 valence electrons. The van der Waals surface area contributed by atoms with Crippen LogP contribution in [0.15, 0.2) is 52.0 Å². The van der Waals surface area contributed by atoms with Crippen molar-refractivity contribution in [3.05, 3.63) is 48.3 Å². The van der Waals surface area contributed by atoms with E-state index < -0.39 is 27.6 Å². The number of benzene rings is 1. The predicted octanol–water partition coefficient (Wildman–Crippen LogP) is 2.49. The quantitative estimate of drug-likeness (QED) is 0.773. The SMILES string of the molecule is CC(C)CCN1C(=O)C(C2=NS(=O)(=O)c3cnccc3N2)C(=O)c2ccccc21. The van der Waals surface area contributed by atoms with E-state index in [-0.39, 0.29) is 16.4 Å². The first-order valence-corrected chi connectivity index (χ1v) is 10.7. The third-order valence-electron chi connectivity index (χ3n) is 4.98. The fourth-order valence-corrected chi connectivity index (χ4v) is 4.57. The van der Waals surface area contributed by atoms with Gasteiger partial charge in [0.15, 0.2) is 11.7 Å². The van der Waals surface area contributed by atoms with E-state index in [2.05, 4.69) is 14.7 Å². The van der Waals surface area contributed by atoms with Gasteiger partial charge in [-0.15, -0.1) is 4.40 Å². The van der Waals surface area contributed by atoms with Crippen molar-refractivity contribution in [1.82, 2.24) is 4.98 Å². The van der Waals surface area contributed by atoms with Gasteiger partial charge in [0.25, 0.3) is 10.0 Å². The molecule has 8 nitrogen and oxygen atoms in total. The van der Waals surface area contributed by atoms with Crippen molar-refractivity contribution in [3.63, 3.8) is 0 Å². The van der Waals surface area contributed by atoms with Crippen LogP contribution >= 0.6 is 0 Å². The Balaban J connectivity index is 1.80. The average Bonchev–Trinajstić information content (AvgIpc) is 2.67. The van der Waals surface area contributed by atoms with E-state index in [4.69, 9.17) is 0 Å². The summed E-state index contributed by atoms with van der Waals surface area (Å²) in [6.07, 6.45) is 3.36. The van der Waals surface area contributed by atoms with Crippen LogP contribution in [0, 0.1) is 11.8 Å². The van der Waals surface area contributed by atoms with Gasteiger partial charge in [0.1, 0.15) is 10.7 Å². The van der Waals surface area contributed by atoms with E-state index in [9.17, 15) is 18.0 Å². The molecule has 1 aromatic heterocycles. The monoisotopic (exact) mass is 412 g/mol. The fraction of sp³-hybridized carbons (Fsp3) is 0.300. The molecule has 2 aromatic rings. The molecule has 9 heteroatoms. The number of nitrogens with one attached hydrogen (secondary N) is 1. The lowest BCUT2D eigenvalue weighted by Gasteiger charge is -2.34. The Labute approximate surface area is 168 Å². The highest BCUT2D eigenvalue weighted by atomic mass is 32.2. The molecule has 2 aliphatic rings. The summed E-state index contributed by atoms with van der Waals surface area (Å²) in [6, 6.07) is 8.35. The lowest BCUT2D eigenvalue weighted by Crippen LogP contribution is -2.50. The van der Waals surface area contributed by atoms with Crippen molar-refractivity contribution in [2.24, 2.45) is 16.2 Å².